The first-order chi connectivity index (χ1) is 15.2. The third-order valence-corrected chi connectivity index (χ3v) is 8.01. The summed E-state index contributed by atoms with van der Waals surface area (Å²) in [5.74, 6) is 0.530. The number of amides is 2. The number of ether oxygens (including phenoxy) is 1. The SMILES string of the molecule is COCCNC(=O)c1sc2ccccc2c1C[C@@H]1CCCCCN1C(=O)C1CCCC1. The summed E-state index contributed by atoms with van der Waals surface area (Å²) in [7, 11) is 1.64. The summed E-state index contributed by atoms with van der Waals surface area (Å²) in [6.45, 7) is 1.86. The number of nitrogens with zero attached hydrogens (tertiary/aromatic N) is 1. The summed E-state index contributed by atoms with van der Waals surface area (Å²) in [5, 5.41) is 4.15. The smallest absolute Gasteiger partial charge is 0.261 e. The molecule has 0 bridgehead atoms. The predicted octanol–water partition coefficient (Wildman–Crippen LogP) is 4.78. The minimum Gasteiger partial charge on any atom is -0.383 e. The number of rotatable bonds is 7. The lowest BCUT2D eigenvalue weighted by Gasteiger charge is -2.32. The van der Waals surface area contributed by atoms with Crippen LogP contribution < -0.4 is 5.32 Å². The molecule has 1 aromatic heterocycles. The zero-order valence-corrected chi connectivity index (χ0v) is 19.3. The van der Waals surface area contributed by atoms with E-state index < -0.39 is 0 Å². The topological polar surface area (TPSA) is 58.6 Å². The van der Waals surface area contributed by atoms with Gasteiger partial charge in [0.2, 0.25) is 5.91 Å². The van der Waals surface area contributed by atoms with Gasteiger partial charge in [-0.2, -0.15) is 0 Å². The normalized spacial score (nSPS) is 20.2. The van der Waals surface area contributed by atoms with E-state index in [-0.39, 0.29) is 17.9 Å². The predicted molar refractivity (Wildman–Crippen MR) is 126 cm³/mol. The van der Waals surface area contributed by atoms with Gasteiger partial charge in [0.15, 0.2) is 0 Å². The molecule has 31 heavy (non-hydrogen) atoms. The summed E-state index contributed by atoms with van der Waals surface area (Å²) < 4.78 is 6.22. The summed E-state index contributed by atoms with van der Waals surface area (Å²) in [5.41, 5.74) is 1.10. The molecule has 1 N–H and O–H groups in total. The van der Waals surface area contributed by atoms with Crippen molar-refractivity contribution in [1.29, 1.82) is 0 Å². The first-order valence-electron chi connectivity index (χ1n) is 11.8. The highest BCUT2D eigenvalue weighted by atomic mass is 32.1. The van der Waals surface area contributed by atoms with Gasteiger partial charge in [-0.1, -0.05) is 43.9 Å². The summed E-state index contributed by atoms with van der Waals surface area (Å²) in [6.07, 6.45) is 9.63. The van der Waals surface area contributed by atoms with Crippen LogP contribution in [0.1, 0.15) is 66.6 Å². The average Bonchev–Trinajstić information content (AvgIpc) is 3.38. The van der Waals surface area contributed by atoms with Gasteiger partial charge in [0.25, 0.3) is 5.91 Å². The molecule has 2 amide bonds. The van der Waals surface area contributed by atoms with Crippen molar-refractivity contribution in [3.05, 3.63) is 34.7 Å². The van der Waals surface area contributed by atoms with Gasteiger partial charge in [-0.05, 0) is 49.1 Å². The number of thiophene rings is 1. The average molecular weight is 443 g/mol. The highest BCUT2D eigenvalue weighted by Crippen LogP contribution is 2.35. The number of carbonyl (C=O) groups is 2. The number of hydrogen-bond acceptors (Lipinski definition) is 4. The molecule has 168 valence electrons. The van der Waals surface area contributed by atoms with Crippen LogP contribution in [-0.2, 0) is 16.0 Å². The Morgan fingerprint density at radius 1 is 1.10 bits per heavy atom. The quantitative estimate of drug-likeness (QED) is 0.628. The fourth-order valence-corrected chi connectivity index (χ4v) is 6.30. The molecular formula is C25H34N2O3S. The lowest BCUT2D eigenvalue weighted by molar-refractivity contribution is -0.137. The molecule has 4 rings (SSSR count). The standard InChI is InChI=1S/C25H34N2O3S/c1-30-16-14-26-24(28)23-21(20-12-6-7-13-22(20)31-23)17-19-11-3-2-8-15-27(19)25(29)18-9-4-5-10-18/h6-7,12-13,18-19H,2-5,8-11,14-17H2,1H3,(H,26,28)/t19-/m0/s1. The third-order valence-electron chi connectivity index (χ3n) is 6.80. The van der Waals surface area contributed by atoms with Gasteiger partial charge in [-0.3, -0.25) is 9.59 Å². The monoisotopic (exact) mass is 442 g/mol. The molecule has 2 heterocycles. The van der Waals surface area contributed by atoms with Crippen LogP contribution in [0.25, 0.3) is 10.1 Å². The van der Waals surface area contributed by atoms with Crippen molar-refractivity contribution in [1.82, 2.24) is 10.2 Å². The Kier molecular flexibility index (Phi) is 7.62. The fraction of sp³-hybridized carbons (Fsp3) is 0.600. The molecular weight excluding hydrogens is 408 g/mol. The van der Waals surface area contributed by atoms with E-state index in [9.17, 15) is 9.59 Å². The Morgan fingerprint density at radius 3 is 2.68 bits per heavy atom. The minimum atomic E-state index is -0.0319. The molecule has 1 aromatic carbocycles. The Hall–Kier alpha value is -1.92. The molecule has 0 radical (unpaired) electrons. The molecule has 1 saturated heterocycles. The number of fused-ring (bicyclic) bond motifs is 1. The highest BCUT2D eigenvalue weighted by Gasteiger charge is 2.33. The summed E-state index contributed by atoms with van der Waals surface area (Å²) in [6, 6.07) is 8.45. The number of nitrogens with one attached hydrogen (secondary N) is 1. The number of methoxy groups -OCH3 is 1. The van der Waals surface area contributed by atoms with Crippen LogP contribution in [0.15, 0.2) is 24.3 Å². The van der Waals surface area contributed by atoms with Crippen molar-refractivity contribution in [3.63, 3.8) is 0 Å². The summed E-state index contributed by atoms with van der Waals surface area (Å²) >= 11 is 1.56. The highest BCUT2D eigenvalue weighted by molar-refractivity contribution is 7.21. The third kappa shape index (κ3) is 5.12. The van der Waals surface area contributed by atoms with Gasteiger partial charge < -0.3 is 15.0 Å². The van der Waals surface area contributed by atoms with E-state index in [2.05, 4.69) is 22.3 Å². The maximum absolute atomic E-state index is 13.4. The first-order valence-corrected chi connectivity index (χ1v) is 12.6. The molecule has 0 unspecified atom stereocenters. The van der Waals surface area contributed by atoms with Gasteiger partial charge in [-0.15, -0.1) is 11.3 Å². The lowest BCUT2D eigenvalue weighted by atomic mass is 9.96. The van der Waals surface area contributed by atoms with Crippen molar-refractivity contribution in [3.8, 4) is 0 Å². The molecule has 1 atom stereocenters. The van der Waals surface area contributed by atoms with Crippen LogP contribution in [-0.4, -0.2) is 49.6 Å². The van der Waals surface area contributed by atoms with E-state index in [1.165, 1.54) is 19.3 Å². The van der Waals surface area contributed by atoms with Crippen molar-refractivity contribution in [2.24, 2.45) is 5.92 Å². The van der Waals surface area contributed by atoms with Gasteiger partial charge in [0, 0.05) is 36.9 Å². The van der Waals surface area contributed by atoms with Crippen LogP contribution in [0.5, 0.6) is 0 Å². The van der Waals surface area contributed by atoms with Crippen LogP contribution in [0.2, 0.25) is 0 Å². The Balaban J connectivity index is 1.62. The van der Waals surface area contributed by atoms with Crippen LogP contribution in [0.3, 0.4) is 0 Å². The maximum atomic E-state index is 13.4. The molecule has 0 spiro atoms. The molecule has 2 fully saturated rings. The first kappa shape index (κ1) is 22.3. The molecule has 1 aliphatic heterocycles. The molecule has 5 nitrogen and oxygen atoms in total. The second-order valence-electron chi connectivity index (χ2n) is 8.87. The molecule has 1 aliphatic carbocycles. The van der Waals surface area contributed by atoms with Gasteiger partial charge in [-0.25, -0.2) is 0 Å². The van der Waals surface area contributed by atoms with E-state index in [1.54, 1.807) is 18.4 Å². The zero-order chi connectivity index (χ0) is 21.6. The second-order valence-corrected chi connectivity index (χ2v) is 9.93. The molecule has 1 saturated carbocycles. The number of carbonyl (C=O) groups excluding carboxylic acids is 2. The van der Waals surface area contributed by atoms with E-state index in [4.69, 9.17) is 4.74 Å². The van der Waals surface area contributed by atoms with Crippen LogP contribution in [0.4, 0.5) is 0 Å². The number of benzene rings is 1. The Morgan fingerprint density at radius 2 is 1.87 bits per heavy atom. The van der Waals surface area contributed by atoms with Gasteiger partial charge in [0.05, 0.1) is 11.5 Å². The van der Waals surface area contributed by atoms with Crippen LogP contribution in [0, 0.1) is 5.92 Å². The van der Waals surface area contributed by atoms with Crippen molar-refractivity contribution in [2.75, 3.05) is 26.8 Å². The molecule has 6 heteroatoms. The molecule has 2 aromatic rings. The second kappa shape index (κ2) is 10.6. The number of likely N-dealkylation sites (tertiary alicyclic amines) is 1. The number of hydrogen-bond donors (Lipinski definition) is 1. The van der Waals surface area contributed by atoms with Gasteiger partial charge >= 0.3 is 0 Å². The van der Waals surface area contributed by atoms with E-state index in [0.29, 0.717) is 19.1 Å². The van der Waals surface area contributed by atoms with E-state index in [0.717, 1.165) is 65.6 Å². The Labute approximate surface area is 189 Å². The Bertz CT molecular complexity index is 903. The van der Waals surface area contributed by atoms with Crippen molar-refractivity contribution in [2.45, 2.75) is 63.8 Å². The lowest BCUT2D eigenvalue weighted by Crippen LogP contribution is -2.44. The molecule has 2 aliphatic rings. The fourth-order valence-electron chi connectivity index (χ4n) is 5.15. The van der Waals surface area contributed by atoms with E-state index in [1.807, 2.05) is 12.1 Å². The van der Waals surface area contributed by atoms with Crippen LogP contribution >= 0.6 is 11.3 Å². The van der Waals surface area contributed by atoms with E-state index >= 15 is 0 Å². The maximum Gasteiger partial charge on any atom is 0.261 e. The summed E-state index contributed by atoms with van der Waals surface area (Å²) in [4.78, 5) is 29.4. The van der Waals surface area contributed by atoms with Crippen molar-refractivity contribution < 1.29 is 14.3 Å². The van der Waals surface area contributed by atoms with Crippen molar-refractivity contribution >= 4 is 33.2 Å². The van der Waals surface area contributed by atoms with Gasteiger partial charge in [0.1, 0.15) is 0 Å². The largest absolute Gasteiger partial charge is 0.383 e. The minimum absolute atomic E-state index is 0.0319. The zero-order valence-electron chi connectivity index (χ0n) is 18.5.